The van der Waals surface area contributed by atoms with E-state index in [0.717, 1.165) is 19.0 Å². The van der Waals surface area contributed by atoms with Crippen LogP contribution in [0.2, 0.25) is 0 Å². The Hall–Kier alpha value is -1.51. The highest BCUT2D eigenvalue weighted by atomic mass is 32.2. The van der Waals surface area contributed by atoms with Crippen molar-refractivity contribution in [2.45, 2.75) is 24.8 Å². The first-order valence-corrected chi connectivity index (χ1v) is 8.80. The monoisotopic (exact) mass is 329 g/mol. The fourth-order valence-electron chi connectivity index (χ4n) is 1.77. The molecule has 0 saturated carbocycles. The molecule has 5 nitrogen and oxygen atoms in total. The summed E-state index contributed by atoms with van der Waals surface area (Å²) in [5.41, 5.74) is 0.522. The third-order valence-corrected chi connectivity index (χ3v) is 4.95. The highest BCUT2D eigenvalue weighted by Crippen LogP contribution is 2.22. The van der Waals surface area contributed by atoms with E-state index in [9.17, 15) is 12.8 Å². The summed E-state index contributed by atoms with van der Waals surface area (Å²) in [7, 11) is -3.86. The Morgan fingerprint density at radius 1 is 1.38 bits per heavy atom. The third kappa shape index (κ3) is 4.23. The third-order valence-electron chi connectivity index (χ3n) is 2.71. The maximum Gasteiger partial charge on any atom is 0.264 e. The van der Waals surface area contributed by atoms with E-state index in [4.69, 9.17) is 0 Å². The molecule has 0 saturated heterocycles. The van der Waals surface area contributed by atoms with Crippen molar-refractivity contribution in [2.75, 3.05) is 11.3 Å². The quantitative estimate of drug-likeness (QED) is 0.766. The number of nitrogens with one attached hydrogen (secondary N) is 2. The van der Waals surface area contributed by atoms with E-state index >= 15 is 0 Å². The van der Waals surface area contributed by atoms with Crippen molar-refractivity contribution in [1.82, 2.24) is 10.3 Å². The zero-order valence-electron chi connectivity index (χ0n) is 11.5. The van der Waals surface area contributed by atoms with Crippen LogP contribution in [0.25, 0.3) is 0 Å². The predicted octanol–water partition coefficient (Wildman–Crippen LogP) is 2.58. The molecule has 2 rings (SSSR count). The Morgan fingerprint density at radius 3 is 2.86 bits per heavy atom. The predicted molar refractivity (Wildman–Crippen MR) is 81.3 cm³/mol. The van der Waals surface area contributed by atoms with Crippen molar-refractivity contribution in [1.29, 1.82) is 0 Å². The molecule has 0 aliphatic heterocycles. The Morgan fingerprint density at radius 2 is 2.19 bits per heavy atom. The van der Waals surface area contributed by atoms with Crippen molar-refractivity contribution in [3.63, 3.8) is 0 Å². The van der Waals surface area contributed by atoms with Crippen LogP contribution in [-0.2, 0) is 16.6 Å². The number of aromatic nitrogens is 1. The van der Waals surface area contributed by atoms with Gasteiger partial charge in [-0.1, -0.05) is 13.0 Å². The number of rotatable bonds is 7. The van der Waals surface area contributed by atoms with Gasteiger partial charge in [0.1, 0.15) is 5.82 Å². The molecule has 0 unspecified atom stereocenters. The van der Waals surface area contributed by atoms with E-state index in [-0.39, 0.29) is 10.0 Å². The van der Waals surface area contributed by atoms with Crippen LogP contribution in [0.3, 0.4) is 0 Å². The highest BCUT2D eigenvalue weighted by molar-refractivity contribution is 7.93. The van der Waals surface area contributed by atoms with Gasteiger partial charge in [0, 0.05) is 18.1 Å². The Bertz CT molecular complexity index is 687. The minimum Gasteiger partial charge on any atom is -0.313 e. The number of benzene rings is 1. The lowest BCUT2D eigenvalue weighted by Crippen LogP contribution is -2.19. The summed E-state index contributed by atoms with van der Waals surface area (Å²) in [5.74, 6) is -0.589. The molecular weight excluding hydrogens is 313 g/mol. The normalized spacial score (nSPS) is 11.5. The zero-order valence-corrected chi connectivity index (χ0v) is 13.1. The minimum atomic E-state index is -3.86. The summed E-state index contributed by atoms with van der Waals surface area (Å²) in [5, 5.41) is 5.03. The van der Waals surface area contributed by atoms with Crippen LogP contribution in [0.5, 0.6) is 0 Å². The Balaban J connectivity index is 2.29. The number of hydrogen-bond donors (Lipinski definition) is 2. The van der Waals surface area contributed by atoms with Crippen LogP contribution in [-0.4, -0.2) is 19.9 Å². The summed E-state index contributed by atoms with van der Waals surface area (Å²) in [6.07, 6.45) is 2.43. The first kappa shape index (κ1) is 15.9. The van der Waals surface area contributed by atoms with Gasteiger partial charge in [0.05, 0.1) is 4.90 Å². The number of thiazole rings is 1. The van der Waals surface area contributed by atoms with Gasteiger partial charge in [-0.05, 0) is 30.7 Å². The largest absolute Gasteiger partial charge is 0.313 e. The number of hydrogen-bond acceptors (Lipinski definition) is 5. The molecule has 0 aliphatic rings. The summed E-state index contributed by atoms with van der Waals surface area (Å²) < 4.78 is 40.5. The van der Waals surface area contributed by atoms with E-state index in [0.29, 0.717) is 12.1 Å². The van der Waals surface area contributed by atoms with Gasteiger partial charge in [0.15, 0.2) is 5.13 Å². The highest BCUT2D eigenvalue weighted by Gasteiger charge is 2.20. The Kier molecular flexibility index (Phi) is 5.27. The van der Waals surface area contributed by atoms with Crippen molar-refractivity contribution in [3.05, 3.63) is 41.2 Å². The molecule has 114 valence electrons. The average Bonchev–Trinajstić information content (AvgIpc) is 2.92. The molecule has 1 heterocycles. The molecule has 0 spiro atoms. The van der Waals surface area contributed by atoms with Gasteiger partial charge in [0.2, 0.25) is 0 Å². The molecule has 2 aromatic rings. The maximum atomic E-state index is 13.4. The van der Waals surface area contributed by atoms with Crippen molar-refractivity contribution in [3.8, 4) is 0 Å². The maximum absolute atomic E-state index is 13.4. The minimum absolute atomic E-state index is 0.0682. The lowest BCUT2D eigenvalue weighted by atomic mass is 10.2. The van der Waals surface area contributed by atoms with E-state index in [2.05, 4.69) is 15.0 Å². The summed E-state index contributed by atoms with van der Waals surface area (Å²) in [4.78, 5) is 3.81. The molecule has 1 aromatic heterocycles. The van der Waals surface area contributed by atoms with E-state index in [1.165, 1.54) is 29.7 Å². The van der Waals surface area contributed by atoms with Gasteiger partial charge in [-0.25, -0.2) is 17.8 Å². The topological polar surface area (TPSA) is 71.1 Å². The second-order valence-electron chi connectivity index (χ2n) is 4.37. The molecule has 0 atom stereocenters. The summed E-state index contributed by atoms with van der Waals surface area (Å²) in [6, 6.07) is 3.76. The molecule has 0 fully saturated rings. The van der Waals surface area contributed by atoms with Gasteiger partial charge in [-0.15, -0.1) is 11.3 Å². The van der Waals surface area contributed by atoms with Gasteiger partial charge < -0.3 is 5.32 Å². The zero-order chi connectivity index (χ0) is 15.3. The van der Waals surface area contributed by atoms with Crippen LogP contribution in [0.1, 0.15) is 18.9 Å². The van der Waals surface area contributed by atoms with Crippen LogP contribution in [0.4, 0.5) is 9.52 Å². The molecular formula is C13H16FN3O2S2. The van der Waals surface area contributed by atoms with Crippen molar-refractivity contribution in [2.24, 2.45) is 0 Å². The van der Waals surface area contributed by atoms with Crippen LogP contribution in [0.15, 0.2) is 34.7 Å². The fraction of sp³-hybridized carbons (Fsp3) is 0.308. The second kappa shape index (κ2) is 6.97. The van der Waals surface area contributed by atoms with Gasteiger partial charge >= 0.3 is 0 Å². The first-order chi connectivity index (χ1) is 10.0. The standard InChI is InChI=1S/C13H16FN3O2S2/c1-2-5-15-9-10-3-4-11(14)8-12(10)21(18,19)17-13-16-6-7-20-13/h3-4,6-8,15H,2,5,9H2,1H3,(H,16,17). The smallest absolute Gasteiger partial charge is 0.264 e. The summed E-state index contributed by atoms with van der Waals surface area (Å²) >= 11 is 1.17. The first-order valence-electron chi connectivity index (χ1n) is 6.44. The number of halogens is 1. The molecule has 0 radical (unpaired) electrons. The Labute approximate surface area is 127 Å². The average molecular weight is 329 g/mol. The van der Waals surface area contributed by atoms with Gasteiger partial charge in [-0.2, -0.15) is 0 Å². The van der Waals surface area contributed by atoms with Crippen LogP contribution in [0, 0.1) is 5.82 Å². The number of nitrogens with zero attached hydrogens (tertiary/aromatic N) is 1. The molecule has 0 bridgehead atoms. The molecule has 8 heteroatoms. The summed E-state index contributed by atoms with van der Waals surface area (Å²) in [6.45, 7) is 3.14. The number of anilines is 1. The number of sulfonamides is 1. The van der Waals surface area contributed by atoms with Crippen LogP contribution < -0.4 is 10.0 Å². The second-order valence-corrected chi connectivity index (χ2v) is 6.92. The lowest BCUT2D eigenvalue weighted by molar-refractivity contribution is 0.589. The van der Waals surface area contributed by atoms with Crippen LogP contribution >= 0.6 is 11.3 Å². The SMILES string of the molecule is CCCNCc1ccc(F)cc1S(=O)(=O)Nc1nccs1. The lowest BCUT2D eigenvalue weighted by Gasteiger charge is -2.11. The fourth-order valence-corrected chi connectivity index (χ4v) is 3.81. The molecule has 0 amide bonds. The van der Waals surface area contributed by atoms with Crippen molar-refractivity contribution < 1.29 is 12.8 Å². The van der Waals surface area contributed by atoms with Gasteiger partial charge in [-0.3, -0.25) is 4.72 Å². The van der Waals surface area contributed by atoms with E-state index in [1.54, 1.807) is 5.38 Å². The molecule has 2 N–H and O–H groups in total. The van der Waals surface area contributed by atoms with Crippen molar-refractivity contribution >= 4 is 26.5 Å². The van der Waals surface area contributed by atoms with Gasteiger partial charge in [0.25, 0.3) is 10.0 Å². The van der Waals surface area contributed by atoms with E-state index in [1.807, 2.05) is 6.92 Å². The molecule has 21 heavy (non-hydrogen) atoms. The van der Waals surface area contributed by atoms with E-state index < -0.39 is 15.8 Å². The molecule has 1 aromatic carbocycles. The molecule has 0 aliphatic carbocycles.